The third-order valence-corrected chi connectivity index (χ3v) is 7.44. The third-order valence-electron chi connectivity index (χ3n) is 6.42. The second kappa shape index (κ2) is 8.96. The summed E-state index contributed by atoms with van der Waals surface area (Å²) in [6.07, 6.45) is 0. The first kappa shape index (κ1) is 23.6. The summed E-state index contributed by atoms with van der Waals surface area (Å²) in [7, 11) is 0. The van der Waals surface area contributed by atoms with Gasteiger partial charge in [-0.1, -0.05) is 17.4 Å². The minimum absolute atomic E-state index is 0.145. The van der Waals surface area contributed by atoms with E-state index in [1.54, 1.807) is 18.2 Å². The number of rotatable bonds is 4. The van der Waals surface area contributed by atoms with Gasteiger partial charge < -0.3 is 14.6 Å². The lowest BCUT2D eigenvalue weighted by atomic mass is 9.95. The topological polar surface area (TPSA) is 132 Å². The van der Waals surface area contributed by atoms with E-state index in [1.165, 1.54) is 40.5 Å². The van der Waals surface area contributed by atoms with Crippen molar-refractivity contribution in [2.45, 2.75) is 13.0 Å². The van der Waals surface area contributed by atoms with Crippen LogP contribution in [0.4, 0.5) is 10.8 Å². The van der Waals surface area contributed by atoms with Gasteiger partial charge in [-0.25, -0.2) is 4.98 Å². The van der Waals surface area contributed by atoms with E-state index < -0.39 is 28.4 Å². The van der Waals surface area contributed by atoms with Gasteiger partial charge in [0.1, 0.15) is 19.0 Å². The van der Waals surface area contributed by atoms with Crippen LogP contribution in [0.3, 0.4) is 0 Å². The zero-order chi connectivity index (χ0) is 26.6. The van der Waals surface area contributed by atoms with Crippen LogP contribution < -0.4 is 14.4 Å². The lowest BCUT2D eigenvalue weighted by Crippen LogP contribution is -2.29. The number of nitrogens with zero attached hydrogens (tertiary/aromatic N) is 3. The van der Waals surface area contributed by atoms with Crippen LogP contribution in [0.15, 0.2) is 66.2 Å². The smallest absolute Gasteiger partial charge is 0.301 e. The molecule has 1 saturated heterocycles. The standard InChI is InChI=1S/C27H19N3O7S/c1-14-2-8-18-21(12-14)38-27(28-18)29-23(15-3-6-17(7-4-15)30(34)35)22(25(32)26(29)33)24(31)16-5-9-19-20(13-16)37-11-10-36-19/h2-9,12-13,23,31H,10-11H2,1H3/t23-/m0/s1. The van der Waals surface area contributed by atoms with Crippen molar-refractivity contribution in [3.05, 3.63) is 93.0 Å². The monoisotopic (exact) mass is 529 g/mol. The molecule has 0 aliphatic carbocycles. The van der Waals surface area contributed by atoms with Gasteiger partial charge in [-0.05, 0) is 60.5 Å². The summed E-state index contributed by atoms with van der Waals surface area (Å²) in [5, 5.41) is 22.9. The Morgan fingerprint density at radius 3 is 2.53 bits per heavy atom. The van der Waals surface area contributed by atoms with E-state index in [0.29, 0.717) is 35.8 Å². The molecule has 1 aromatic heterocycles. The Morgan fingerprint density at radius 2 is 1.79 bits per heavy atom. The lowest BCUT2D eigenvalue weighted by Gasteiger charge is -2.23. The molecule has 1 amide bonds. The zero-order valence-electron chi connectivity index (χ0n) is 19.9. The van der Waals surface area contributed by atoms with Crippen LogP contribution in [0.25, 0.3) is 16.0 Å². The fraction of sp³-hybridized carbons (Fsp3) is 0.148. The molecular weight excluding hydrogens is 510 g/mol. The molecule has 1 N–H and O–H groups in total. The molecule has 0 spiro atoms. The van der Waals surface area contributed by atoms with Gasteiger partial charge in [-0.3, -0.25) is 24.6 Å². The number of hydrogen-bond acceptors (Lipinski definition) is 9. The number of aryl methyl sites for hydroxylation is 1. The number of fused-ring (bicyclic) bond motifs is 2. The van der Waals surface area contributed by atoms with Crippen molar-refractivity contribution < 1.29 is 29.1 Å². The van der Waals surface area contributed by atoms with E-state index in [2.05, 4.69) is 4.98 Å². The number of Topliss-reactive ketones (excluding diaryl/α,β-unsaturated/α-hetero) is 1. The van der Waals surface area contributed by atoms with Crippen molar-refractivity contribution in [1.82, 2.24) is 4.98 Å². The largest absolute Gasteiger partial charge is 0.507 e. The number of aliphatic hydroxyl groups excluding tert-OH is 1. The average Bonchev–Trinajstić information content (AvgIpc) is 3.45. The Labute approximate surface area is 219 Å². The third kappa shape index (κ3) is 3.84. The SMILES string of the molecule is Cc1ccc2nc(N3C(=O)C(=O)C(=C(O)c4ccc5c(c4)OCCO5)[C@@H]3c3ccc([N+](=O)[O-])cc3)sc2c1. The number of thiazole rings is 1. The summed E-state index contributed by atoms with van der Waals surface area (Å²) in [6, 6.07) is 14.9. The predicted octanol–water partition coefficient (Wildman–Crippen LogP) is 4.91. The summed E-state index contributed by atoms with van der Waals surface area (Å²) in [5.74, 6) is -1.24. The molecule has 190 valence electrons. The Morgan fingerprint density at radius 1 is 1.05 bits per heavy atom. The van der Waals surface area contributed by atoms with Gasteiger partial charge in [0.15, 0.2) is 16.6 Å². The van der Waals surface area contributed by atoms with Crippen LogP contribution in [0.2, 0.25) is 0 Å². The number of anilines is 1. The molecule has 38 heavy (non-hydrogen) atoms. The molecule has 4 aromatic rings. The van der Waals surface area contributed by atoms with Gasteiger partial charge in [0, 0.05) is 17.7 Å². The summed E-state index contributed by atoms with van der Waals surface area (Å²) in [6.45, 7) is 2.67. The summed E-state index contributed by atoms with van der Waals surface area (Å²) >= 11 is 1.24. The fourth-order valence-electron chi connectivity index (χ4n) is 4.59. The quantitative estimate of drug-likeness (QED) is 0.130. The second-order valence-corrected chi connectivity index (χ2v) is 9.85. The molecule has 6 rings (SSSR count). The number of ketones is 1. The molecule has 2 aliphatic rings. The fourth-order valence-corrected chi connectivity index (χ4v) is 5.68. The number of nitro benzene ring substituents is 1. The van der Waals surface area contributed by atoms with E-state index in [9.17, 15) is 24.8 Å². The van der Waals surface area contributed by atoms with Gasteiger partial charge in [0.05, 0.1) is 26.8 Å². The van der Waals surface area contributed by atoms with Crippen LogP contribution in [0.5, 0.6) is 11.5 Å². The highest BCUT2D eigenvalue weighted by molar-refractivity contribution is 7.22. The van der Waals surface area contributed by atoms with Crippen LogP contribution >= 0.6 is 11.3 Å². The van der Waals surface area contributed by atoms with Crippen molar-refractivity contribution >= 4 is 49.8 Å². The first-order chi connectivity index (χ1) is 18.3. The molecule has 3 aromatic carbocycles. The van der Waals surface area contributed by atoms with Crippen LogP contribution in [0, 0.1) is 17.0 Å². The number of ether oxygens (including phenoxy) is 2. The maximum atomic E-state index is 13.4. The van der Waals surface area contributed by atoms with E-state index in [4.69, 9.17) is 9.47 Å². The van der Waals surface area contributed by atoms with Gasteiger partial charge >= 0.3 is 5.91 Å². The summed E-state index contributed by atoms with van der Waals surface area (Å²) in [5.41, 5.74) is 2.04. The van der Waals surface area contributed by atoms with Crippen molar-refractivity contribution in [2.24, 2.45) is 0 Å². The second-order valence-electron chi connectivity index (χ2n) is 8.84. The van der Waals surface area contributed by atoms with E-state index in [1.807, 2.05) is 25.1 Å². The number of aliphatic hydroxyl groups is 1. The Bertz CT molecular complexity index is 1680. The average molecular weight is 530 g/mol. The number of aromatic nitrogens is 1. The molecule has 1 atom stereocenters. The van der Waals surface area contributed by atoms with E-state index in [0.717, 1.165) is 10.3 Å². The zero-order valence-corrected chi connectivity index (χ0v) is 20.7. The van der Waals surface area contributed by atoms with Crippen LogP contribution in [-0.4, -0.2) is 39.9 Å². The minimum Gasteiger partial charge on any atom is -0.507 e. The summed E-state index contributed by atoms with van der Waals surface area (Å²) in [4.78, 5) is 43.4. The predicted molar refractivity (Wildman–Crippen MR) is 140 cm³/mol. The molecule has 11 heteroatoms. The van der Waals surface area contributed by atoms with Crippen molar-refractivity contribution in [3.8, 4) is 11.5 Å². The number of benzene rings is 3. The molecule has 2 aliphatic heterocycles. The number of carbonyl (C=O) groups excluding carboxylic acids is 2. The Kier molecular flexibility index (Phi) is 5.57. The number of hydrogen-bond donors (Lipinski definition) is 1. The van der Waals surface area contributed by atoms with Crippen molar-refractivity contribution in [1.29, 1.82) is 0 Å². The molecular formula is C27H19N3O7S. The van der Waals surface area contributed by atoms with Crippen molar-refractivity contribution in [3.63, 3.8) is 0 Å². The van der Waals surface area contributed by atoms with E-state index in [-0.39, 0.29) is 22.0 Å². The molecule has 1 fully saturated rings. The van der Waals surface area contributed by atoms with Gasteiger partial charge in [-0.15, -0.1) is 0 Å². The maximum absolute atomic E-state index is 13.4. The minimum atomic E-state index is -1.06. The lowest BCUT2D eigenvalue weighted by molar-refractivity contribution is -0.384. The normalized spacial score (nSPS) is 18.2. The Hall–Kier alpha value is -4.77. The number of carbonyl (C=O) groups is 2. The first-order valence-electron chi connectivity index (χ1n) is 11.6. The first-order valence-corrected chi connectivity index (χ1v) is 12.5. The van der Waals surface area contributed by atoms with Gasteiger partial charge in [0.2, 0.25) is 0 Å². The van der Waals surface area contributed by atoms with Crippen LogP contribution in [-0.2, 0) is 9.59 Å². The van der Waals surface area contributed by atoms with Crippen molar-refractivity contribution in [2.75, 3.05) is 18.1 Å². The molecule has 0 radical (unpaired) electrons. The Balaban J connectivity index is 1.53. The molecule has 3 heterocycles. The maximum Gasteiger partial charge on any atom is 0.301 e. The molecule has 0 unspecified atom stereocenters. The molecule has 0 bridgehead atoms. The summed E-state index contributed by atoms with van der Waals surface area (Å²) < 4.78 is 12.0. The van der Waals surface area contributed by atoms with Gasteiger partial charge in [0.25, 0.3) is 11.5 Å². The number of non-ortho nitro benzene ring substituents is 1. The number of nitro groups is 1. The molecule has 0 saturated carbocycles. The van der Waals surface area contributed by atoms with Crippen LogP contribution in [0.1, 0.15) is 22.7 Å². The number of amides is 1. The van der Waals surface area contributed by atoms with E-state index >= 15 is 0 Å². The highest BCUT2D eigenvalue weighted by Crippen LogP contribution is 2.45. The highest BCUT2D eigenvalue weighted by atomic mass is 32.1. The highest BCUT2D eigenvalue weighted by Gasteiger charge is 2.48. The molecule has 10 nitrogen and oxygen atoms in total. The van der Waals surface area contributed by atoms with Gasteiger partial charge in [-0.2, -0.15) is 0 Å².